The Morgan fingerprint density at radius 1 is 1.11 bits per heavy atom. The lowest BCUT2D eigenvalue weighted by atomic mass is 10.0. The zero-order valence-corrected chi connectivity index (χ0v) is 17.6. The molecule has 2 aromatic carbocycles. The first-order valence-electron chi connectivity index (χ1n) is 8.67. The Bertz CT molecular complexity index is 978. The maximum atomic E-state index is 6.25. The van der Waals surface area contributed by atoms with Gasteiger partial charge in [-0.15, -0.1) is 10.2 Å². The molecule has 27 heavy (non-hydrogen) atoms. The fourth-order valence-corrected chi connectivity index (χ4v) is 3.62. The van der Waals surface area contributed by atoms with Crippen molar-refractivity contribution in [3.05, 3.63) is 58.1 Å². The topological polar surface area (TPSA) is 59.9 Å². The maximum absolute atomic E-state index is 6.25. The van der Waals surface area contributed by atoms with E-state index in [-0.39, 0.29) is 6.23 Å². The van der Waals surface area contributed by atoms with Gasteiger partial charge in [-0.2, -0.15) is 4.98 Å². The first kappa shape index (κ1) is 18.3. The van der Waals surface area contributed by atoms with Crippen molar-refractivity contribution < 1.29 is 4.74 Å². The molecule has 2 heterocycles. The molecule has 0 aliphatic carbocycles. The van der Waals surface area contributed by atoms with Gasteiger partial charge in [0.15, 0.2) is 11.9 Å². The number of fused-ring (bicyclic) bond motifs is 3. The predicted octanol–water partition coefficient (Wildman–Crippen LogP) is 5.65. The van der Waals surface area contributed by atoms with E-state index in [1.54, 1.807) is 0 Å². The maximum Gasteiger partial charge on any atom is 0.247 e. The lowest BCUT2D eigenvalue weighted by Crippen LogP contribution is -2.17. The Labute approximate surface area is 171 Å². The van der Waals surface area contributed by atoms with Crippen LogP contribution in [0.5, 0.6) is 5.88 Å². The highest BCUT2D eigenvalue weighted by Crippen LogP contribution is 2.40. The monoisotopic (exact) mass is 442 g/mol. The van der Waals surface area contributed by atoms with Crippen molar-refractivity contribution in [1.29, 1.82) is 0 Å². The molecule has 1 atom stereocenters. The number of halogens is 1. The van der Waals surface area contributed by atoms with Crippen molar-refractivity contribution in [2.24, 2.45) is 0 Å². The number of thioether (sulfide) groups is 1. The van der Waals surface area contributed by atoms with Crippen LogP contribution in [0.3, 0.4) is 0 Å². The van der Waals surface area contributed by atoms with Gasteiger partial charge in [-0.1, -0.05) is 65.8 Å². The van der Waals surface area contributed by atoms with Gasteiger partial charge in [0.05, 0.1) is 0 Å². The van der Waals surface area contributed by atoms with E-state index in [1.165, 1.54) is 17.3 Å². The van der Waals surface area contributed by atoms with Gasteiger partial charge in [-0.3, -0.25) is 0 Å². The molecule has 0 bridgehead atoms. The number of hydrogen-bond donors (Lipinski definition) is 1. The van der Waals surface area contributed by atoms with Crippen LogP contribution in [0.1, 0.15) is 37.1 Å². The van der Waals surface area contributed by atoms with Crippen molar-refractivity contribution in [3.8, 4) is 17.1 Å². The minimum absolute atomic E-state index is 0.362. The molecule has 0 spiro atoms. The van der Waals surface area contributed by atoms with Crippen LogP contribution >= 0.6 is 27.7 Å². The molecule has 5 nitrogen and oxygen atoms in total. The molecule has 0 fully saturated rings. The van der Waals surface area contributed by atoms with Crippen molar-refractivity contribution in [3.63, 3.8) is 0 Å². The molecule has 0 saturated heterocycles. The SMILES string of the molecule is CSc1nnc2c(n1)O[C@H](c1ccc(C(C)C)cc1)Nc1ccc(Br)cc1-2. The molecule has 1 aromatic heterocycles. The van der Waals surface area contributed by atoms with E-state index in [4.69, 9.17) is 4.74 Å². The first-order valence-corrected chi connectivity index (χ1v) is 10.7. The highest BCUT2D eigenvalue weighted by Gasteiger charge is 2.26. The van der Waals surface area contributed by atoms with Gasteiger partial charge in [0.2, 0.25) is 11.0 Å². The van der Waals surface area contributed by atoms with Crippen LogP contribution in [-0.4, -0.2) is 21.4 Å². The lowest BCUT2D eigenvalue weighted by molar-refractivity contribution is 0.225. The fraction of sp³-hybridized carbons (Fsp3) is 0.250. The number of aromatic nitrogens is 3. The molecule has 1 aliphatic rings. The molecule has 0 unspecified atom stereocenters. The van der Waals surface area contributed by atoms with Gasteiger partial charge in [0, 0.05) is 21.3 Å². The number of anilines is 1. The highest BCUT2D eigenvalue weighted by atomic mass is 79.9. The Hall–Kier alpha value is -2.12. The molecule has 4 rings (SSSR count). The standard InChI is InChI=1S/C20H19BrN4OS/c1-11(2)12-4-6-13(7-5-12)18-22-16-9-8-14(21)10-15(16)17-19(26-18)23-20(27-3)25-24-17/h4-11,18,22H,1-3H3/t18-/m1/s1. The van der Waals surface area contributed by atoms with Gasteiger partial charge in [-0.25, -0.2) is 0 Å². The largest absolute Gasteiger partial charge is 0.448 e. The van der Waals surface area contributed by atoms with E-state index in [9.17, 15) is 0 Å². The van der Waals surface area contributed by atoms with Gasteiger partial charge in [-0.05, 0) is 35.9 Å². The first-order chi connectivity index (χ1) is 13.0. The summed E-state index contributed by atoms with van der Waals surface area (Å²) in [5, 5.41) is 12.6. The van der Waals surface area contributed by atoms with Crippen molar-refractivity contribution >= 4 is 33.4 Å². The van der Waals surface area contributed by atoms with Crippen LogP contribution in [0.4, 0.5) is 5.69 Å². The van der Waals surface area contributed by atoms with Crippen LogP contribution in [0.15, 0.2) is 52.1 Å². The lowest BCUT2D eigenvalue weighted by Gasteiger charge is -2.20. The molecule has 0 amide bonds. The van der Waals surface area contributed by atoms with E-state index >= 15 is 0 Å². The zero-order valence-electron chi connectivity index (χ0n) is 15.2. The van der Waals surface area contributed by atoms with Crippen molar-refractivity contribution in [2.75, 3.05) is 11.6 Å². The van der Waals surface area contributed by atoms with Crippen LogP contribution in [0, 0.1) is 0 Å². The summed E-state index contributed by atoms with van der Waals surface area (Å²) in [6.07, 6.45) is 1.56. The quantitative estimate of drug-likeness (QED) is 0.528. The van der Waals surface area contributed by atoms with Crippen LogP contribution in [0.2, 0.25) is 0 Å². The summed E-state index contributed by atoms with van der Waals surface area (Å²) in [6.45, 7) is 4.37. The Kier molecular flexibility index (Phi) is 5.06. The molecule has 1 N–H and O–H groups in total. The summed E-state index contributed by atoms with van der Waals surface area (Å²) < 4.78 is 7.22. The van der Waals surface area contributed by atoms with E-state index in [0.29, 0.717) is 22.6 Å². The van der Waals surface area contributed by atoms with Gasteiger partial charge in [0.25, 0.3) is 0 Å². The van der Waals surface area contributed by atoms with Gasteiger partial charge >= 0.3 is 0 Å². The smallest absolute Gasteiger partial charge is 0.247 e. The molecule has 0 saturated carbocycles. The second-order valence-corrected chi connectivity index (χ2v) is 8.29. The summed E-state index contributed by atoms with van der Waals surface area (Å²) in [6, 6.07) is 14.5. The zero-order chi connectivity index (χ0) is 19.0. The van der Waals surface area contributed by atoms with Crippen molar-refractivity contribution in [2.45, 2.75) is 31.1 Å². The second-order valence-electron chi connectivity index (χ2n) is 6.61. The van der Waals surface area contributed by atoms with E-state index in [1.807, 2.05) is 24.5 Å². The minimum atomic E-state index is -0.362. The van der Waals surface area contributed by atoms with E-state index < -0.39 is 0 Å². The summed E-state index contributed by atoms with van der Waals surface area (Å²) in [5.41, 5.74) is 4.81. The molecule has 138 valence electrons. The third-order valence-electron chi connectivity index (χ3n) is 4.48. The van der Waals surface area contributed by atoms with Crippen LogP contribution in [-0.2, 0) is 0 Å². The van der Waals surface area contributed by atoms with Crippen molar-refractivity contribution in [1.82, 2.24) is 15.2 Å². The van der Waals surface area contributed by atoms with Crippen LogP contribution < -0.4 is 10.1 Å². The fourth-order valence-electron chi connectivity index (χ4n) is 2.96. The number of nitrogens with one attached hydrogen (secondary N) is 1. The minimum Gasteiger partial charge on any atom is -0.448 e. The van der Waals surface area contributed by atoms with Gasteiger partial charge in [0.1, 0.15) is 0 Å². The van der Waals surface area contributed by atoms with E-state index in [0.717, 1.165) is 21.3 Å². The molecule has 3 aromatic rings. The number of benzene rings is 2. The Balaban J connectivity index is 1.81. The molecule has 1 aliphatic heterocycles. The molecular formula is C20H19BrN4OS. The summed E-state index contributed by atoms with van der Waals surface area (Å²) in [5.74, 6) is 0.971. The normalized spacial score (nSPS) is 15.4. The Morgan fingerprint density at radius 3 is 2.59 bits per heavy atom. The average Bonchev–Trinajstić information content (AvgIpc) is 2.84. The number of nitrogens with zero attached hydrogens (tertiary/aromatic N) is 3. The number of hydrogen-bond acceptors (Lipinski definition) is 6. The number of rotatable bonds is 3. The third-order valence-corrected chi connectivity index (χ3v) is 5.51. The third kappa shape index (κ3) is 3.66. The summed E-state index contributed by atoms with van der Waals surface area (Å²) >= 11 is 4.98. The second kappa shape index (κ2) is 7.48. The number of ether oxygens (including phenoxy) is 1. The van der Waals surface area contributed by atoms with Crippen LogP contribution in [0.25, 0.3) is 11.3 Å². The summed E-state index contributed by atoms with van der Waals surface area (Å²) in [4.78, 5) is 4.55. The highest BCUT2D eigenvalue weighted by molar-refractivity contribution is 9.10. The molecular weight excluding hydrogens is 424 g/mol. The summed E-state index contributed by atoms with van der Waals surface area (Å²) in [7, 11) is 0. The average molecular weight is 443 g/mol. The van der Waals surface area contributed by atoms with E-state index in [2.05, 4.69) is 74.5 Å². The molecule has 7 heteroatoms. The van der Waals surface area contributed by atoms with Gasteiger partial charge < -0.3 is 10.1 Å². The predicted molar refractivity (Wildman–Crippen MR) is 112 cm³/mol. The molecule has 0 radical (unpaired) electrons. The Morgan fingerprint density at radius 2 is 1.89 bits per heavy atom.